The Kier molecular flexibility index (Phi) is 6.06. The molecule has 1 aromatic heterocycles. The monoisotopic (exact) mass is 476 g/mol. The van der Waals surface area contributed by atoms with Crippen molar-refractivity contribution in [3.63, 3.8) is 0 Å². The van der Waals surface area contributed by atoms with Gasteiger partial charge in [0.05, 0.1) is 27.4 Å². The van der Waals surface area contributed by atoms with Crippen LogP contribution in [0.2, 0.25) is 0 Å². The zero-order chi connectivity index (χ0) is 22.9. The first-order valence-electron chi connectivity index (χ1n) is 10.3. The lowest BCUT2D eigenvalue weighted by Crippen LogP contribution is -2.35. The van der Waals surface area contributed by atoms with E-state index >= 15 is 0 Å². The molecule has 9 nitrogen and oxygen atoms in total. The van der Waals surface area contributed by atoms with E-state index in [1.807, 2.05) is 35.8 Å². The molecular formula is C21H24N4O5S2. The van der Waals surface area contributed by atoms with E-state index < -0.39 is 31.8 Å². The van der Waals surface area contributed by atoms with E-state index in [1.54, 1.807) is 0 Å². The molecule has 1 unspecified atom stereocenters. The number of amides is 1. The van der Waals surface area contributed by atoms with Crippen molar-refractivity contribution in [2.45, 2.75) is 37.2 Å². The van der Waals surface area contributed by atoms with Gasteiger partial charge in [-0.2, -0.15) is 0 Å². The van der Waals surface area contributed by atoms with Gasteiger partial charge in [0.2, 0.25) is 16.0 Å². The van der Waals surface area contributed by atoms with Gasteiger partial charge in [-0.3, -0.25) is 10.1 Å². The largest absolute Gasteiger partial charge is 0.310 e. The quantitative estimate of drug-likeness (QED) is 0.538. The number of nitrogens with zero attached hydrogens (tertiary/aromatic N) is 2. The van der Waals surface area contributed by atoms with Gasteiger partial charge < -0.3 is 4.57 Å². The summed E-state index contributed by atoms with van der Waals surface area (Å²) in [5.41, 5.74) is 1.81. The number of nitrogens with one attached hydrogen (secondary N) is 2. The van der Waals surface area contributed by atoms with E-state index in [9.17, 15) is 21.6 Å². The van der Waals surface area contributed by atoms with Crippen LogP contribution in [0.25, 0.3) is 11.0 Å². The molecule has 0 saturated carbocycles. The molecular weight excluding hydrogens is 452 g/mol. The highest BCUT2D eigenvalue weighted by atomic mass is 32.2. The van der Waals surface area contributed by atoms with Gasteiger partial charge in [0.15, 0.2) is 9.84 Å². The van der Waals surface area contributed by atoms with Crippen molar-refractivity contribution in [1.29, 1.82) is 0 Å². The Morgan fingerprint density at radius 2 is 1.97 bits per heavy atom. The Morgan fingerprint density at radius 1 is 1.19 bits per heavy atom. The van der Waals surface area contributed by atoms with Crippen molar-refractivity contribution in [1.82, 2.24) is 14.3 Å². The number of benzene rings is 2. The first-order chi connectivity index (χ1) is 15.2. The topological polar surface area (TPSA) is 127 Å². The van der Waals surface area contributed by atoms with Gasteiger partial charge in [-0.05, 0) is 43.2 Å². The number of para-hydroxylation sites is 2. The van der Waals surface area contributed by atoms with Crippen LogP contribution >= 0.6 is 0 Å². The van der Waals surface area contributed by atoms with Crippen LogP contribution in [-0.4, -0.2) is 49.8 Å². The van der Waals surface area contributed by atoms with Gasteiger partial charge in [0.1, 0.15) is 0 Å². The Hall–Kier alpha value is -2.76. The van der Waals surface area contributed by atoms with Crippen LogP contribution < -0.4 is 10.0 Å². The second-order valence-corrected chi connectivity index (χ2v) is 11.7. The molecule has 0 spiro atoms. The zero-order valence-corrected chi connectivity index (χ0v) is 19.1. The van der Waals surface area contributed by atoms with E-state index in [2.05, 4.69) is 15.0 Å². The first kappa shape index (κ1) is 22.4. The first-order valence-corrected chi connectivity index (χ1v) is 13.6. The molecule has 2 aromatic carbocycles. The highest BCUT2D eigenvalue weighted by molar-refractivity contribution is 7.92. The van der Waals surface area contributed by atoms with E-state index in [0.717, 1.165) is 17.5 Å². The maximum atomic E-state index is 12.9. The molecule has 32 heavy (non-hydrogen) atoms. The van der Waals surface area contributed by atoms with Gasteiger partial charge in [-0.1, -0.05) is 25.1 Å². The average molecular weight is 477 g/mol. The fraction of sp³-hybridized carbons (Fsp3) is 0.333. The third-order valence-electron chi connectivity index (χ3n) is 5.29. The standard InChI is InChI=1S/C21H24N4O5S2/c1-2-11-25-19-9-4-3-8-18(19)22-21(25)23-20(26)15-6-5-7-17(13-15)32(29,30)24-16-10-12-31(27,28)14-16/h3-9,13,16,24H,2,10-12,14H2,1H3,(H,22,23,26). The number of sulfone groups is 1. The Morgan fingerprint density at radius 3 is 2.69 bits per heavy atom. The summed E-state index contributed by atoms with van der Waals surface area (Å²) in [4.78, 5) is 17.3. The Labute approximate surface area is 186 Å². The Bertz CT molecular complexity index is 1380. The molecule has 2 heterocycles. The number of hydrogen-bond acceptors (Lipinski definition) is 6. The highest BCUT2D eigenvalue weighted by Crippen LogP contribution is 2.22. The predicted octanol–water partition coefficient (Wildman–Crippen LogP) is 2.16. The third-order valence-corrected chi connectivity index (χ3v) is 8.57. The molecule has 1 saturated heterocycles. The van der Waals surface area contributed by atoms with Crippen LogP contribution in [0.15, 0.2) is 53.4 Å². The summed E-state index contributed by atoms with van der Waals surface area (Å²) in [6.07, 6.45) is 1.08. The van der Waals surface area contributed by atoms with Crippen molar-refractivity contribution < 1.29 is 21.6 Å². The van der Waals surface area contributed by atoms with Crippen LogP contribution in [-0.2, 0) is 26.4 Å². The molecule has 0 aliphatic carbocycles. The van der Waals surface area contributed by atoms with Crippen molar-refractivity contribution in [2.24, 2.45) is 0 Å². The van der Waals surface area contributed by atoms with Crippen LogP contribution in [0.1, 0.15) is 30.1 Å². The third kappa shape index (κ3) is 4.69. The predicted molar refractivity (Wildman–Crippen MR) is 122 cm³/mol. The fourth-order valence-electron chi connectivity index (χ4n) is 3.77. The molecule has 1 aliphatic rings. The molecule has 2 N–H and O–H groups in total. The van der Waals surface area contributed by atoms with Crippen LogP contribution in [0.3, 0.4) is 0 Å². The van der Waals surface area contributed by atoms with Crippen molar-refractivity contribution in [3.8, 4) is 0 Å². The molecule has 1 aliphatic heterocycles. The molecule has 11 heteroatoms. The smallest absolute Gasteiger partial charge is 0.258 e. The van der Waals surface area contributed by atoms with Crippen molar-refractivity contribution in [3.05, 3.63) is 54.1 Å². The number of sulfonamides is 1. The number of rotatable bonds is 7. The normalized spacial score (nSPS) is 18.1. The molecule has 1 amide bonds. The number of aromatic nitrogens is 2. The van der Waals surface area contributed by atoms with Gasteiger partial charge in [0.25, 0.3) is 5.91 Å². The van der Waals surface area contributed by atoms with Crippen molar-refractivity contribution in [2.75, 3.05) is 16.8 Å². The number of hydrogen-bond donors (Lipinski definition) is 2. The summed E-state index contributed by atoms with van der Waals surface area (Å²) in [6.45, 7) is 2.69. The van der Waals surface area contributed by atoms with Crippen LogP contribution in [0.5, 0.6) is 0 Å². The maximum Gasteiger partial charge on any atom is 0.258 e. The molecule has 1 atom stereocenters. The zero-order valence-electron chi connectivity index (χ0n) is 17.5. The summed E-state index contributed by atoms with van der Waals surface area (Å²) in [5, 5.41) is 2.78. The summed E-state index contributed by atoms with van der Waals surface area (Å²) in [5.74, 6) is -0.361. The Balaban J connectivity index is 1.57. The minimum absolute atomic E-state index is 0.0403. The number of imidazole rings is 1. The lowest BCUT2D eigenvalue weighted by molar-refractivity contribution is 0.102. The number of fused-ring (bicyclic) bond motifs is 1. The summed E-state index contributed by atoms with van der Waals surface area (Å²) < 4.78 is 53.1. The van der Waals surface area contributed by atoms with E-state index in [1.165, 1.54) is 24.3 Å². The number of aryl methyl sites for hydroxylation is 1. The molecule has 3 aromatic rings. The molecule has 4 rings (SSSR count). The molecule has 0 radical (unpaired) electrons. The fourth-order valence-corrected chi connectivity index (χ4v) is 6.87. The minimum atomic E-state index is -3.98. The molecule has 0 bridgehead atoms. The van der Waals surface area contributed by atoms with Gasteiger partial charge >= 0.3 is 0 Å². The lowest BCUT2D eigenvalue weighted by atomic mass is 10.2. The van der Waals surface area contributed by atoms with E-state index in [4.69, 9.17) is 0 Å². The van der Waals surface area contributed by atoms with Crippen molar-refractivity contribution >= 4 is 42.7 Å². The average Bonchev–Trinajstić information content (AvgIpc) is 3.27. The van der Waals surface area contributed by atoms with Gasteiger partial charge in [-0.15, -0.1) is 0 Å². The maximum absolute atomic E-state index is 12.9. The summed E-state index contributed by atoms with van der Waals surface area (Å²) in [7, 11) is -7.20. The van der Waals surface area contributed by atoms with E-state index in [-0.39, 0.29) is 28.4 Å². The second-order valence-electron chi connectivity index (χ2n) is 7.78. The molecule has 170 valence electrons. The van der Waals surface area contributed by atoms with Crippen LogP contribution in [0.4, 0.5) is 5.95 Å². The summed E-state index contributed by atoms with van der Waals surface area (Å²) in [6, 6.07) is 12.5. The van der Waals surface area contributed by atoms with E-state index in [0.29, 0.717) is 12.5 Å². The number of carbonyl (C=O) groups excluding carboxylic acids is 1. The van der Waals surface area contributed by atoms with Gasteiger partial charge in [0, 0.05) is 18.2 Å². The molecule has 1 fully saturated rings. The second kappa shape index (κ2) is 8.64. The lowest BCUT2D eigenvalue weighted by Gasteiger charge is -2.13. The van der Waals surface area contributed by atoms with Crippen LogP contribution in [0, 0.1) is 0 Å². The highest BCUT2D eigenvalue weighted by Gasteiger charge is 2.31. The minimum Gasteiger partial charge on any atom is -0.310 e. The number of anilines is 1. The van der Waals surface area contributed by atoms with Gasteiger partial charge in [-0.25, -0.2) is 26.5 Å². The summed E-state index contributed by atoms with van der Waals surface area (Å²) >= 11 is 0. The number of carbonyl (C=O) groups is 1. The SMILES string of the molecule is CCCn1c(NC(=O)c2cccc(S(=O)(=O)NC3CCS(=O)(=O)C3)c2)nc2ccccc21.